The molecule has 0 heterocycles. The first-order valence-corrected chi connectivity index (χ1v) is 7.99. The van der Waals surface area contributed by atoms with Crippen LogP contribution in [0.15, 0.2) is 23.1 Å². The van der Waals surface area contributed by atoms with Crippen LogP contribution < -0.4 is 4.72 Å². The first-order chi connectivity index (χ1) is 7.97. The Bertz CT molecular complexity index is 479. The number of nitrogens with one attached hydrogen (secondary N) is 1. The summed E-state index contributed by atoms with van der Waals surface area (Å²) in [5.74, 6) is -2.23. The topological polar surface area (TPSA) is 46.2 Å². The molecule has 0 saturated heterocycles. The highest BCUT2D eigenvalue weighted by Gasteiger charge is 2.15. The van der Waals surface area contributed by atoms with Gasteiger partial charge in [0.2, 0.25) is 10.0 Å². The van der Waals surface area contributed by atoms with E-state index in [9.17, 15) is 17.2 Å². The largest absolute Gasteiger partial charge is 0.240 e. The van der Waals surface area contributed by atoms with E-state index in [0.717, 1.165) is 23.0 Å². The molecular weight excluding hydrogens is 363 g/mol. The monoisotopic (exact) mass is 375 g/mol. The van der Waals surface area contributed by atoms with E-state index in [0.29, 0.717) is 19.0 Å². The molecule has 0 saturated carbocycles. The molecule has 0 fully saturated rings. The Morgan fingerprint density at radius 2 is 1.88 bits per heavy atom. The summed E-state index contributed by atoms with van der Waals surface area (Å²) in [5.41, 5.74) is 0. The molecule has 1 aromatic carbocycles. The van der Waals surface area contributed by atoms with E-state index in [1.807, 2.05) is 0 Å². The van der Waals surface area contributed by atoms with Crippen molar-refractivity contribution in [2.75, 3.05) is 11.0 Å². The van der Waals surface area contributed by atoms with Crippen LogP contribution in [-0.4, -0.2) is 19.4 Å². The quantitative estimate of drug-likeness (QED) is 0.472. The zero-order valence-corrected chi connectivity index (χ0v) is 11.9. The van der Waals surface area contributed by atoms with Crippen molar-refractivity contribution in [2.24, 2.45) is 0 Å². The molecule has 0 radical (unpaired) electrons. The Morgan fingerprint density at radius 1 is 1.18 bits per heavy atom. The second kappa shape index (κ2) is 6.60. The highest BCUT2D eigenvalue weighted by atomic mass is 127. The van der Waals surface area contributed by atoms with Crippen molar-refractivity contribution in [1.82, 2.24) is 4.72 Å². The standard InChI is InChI=1S/C10H12F2INO2S/c11-9-4-3-8(7-10(9)12)17(15,16)14-6-2-1-5-13/h3-4,7,14H,1-2,5-6H2. The molecule has 96 valence electrons. The number of hydrogen-bond acceptors (Lipinski definition) is 2. The van der Waals surface area contributed by atoms with Crippen molar-refractivity contribution in [3.05, 3.63) is 29.8 Å². The summed E-state index contributed by atoms with van der Waals surface area (Å²) in [5, 5.41) is 0. The van der Waals surface area contributed by atoms with Crippen molar-refractivity contribution < 1.29 is 17.2 Å². The summed E-state index contributed by atoms with van der Waals surface area (Å²) in [6.07, 6.45) is 1.62. The number of alkyl halides is 1. The van der Waals surface area contributed by atoms with Crippen LogP contribution in [0.5, 0.6) is 0 Å². The lowest BCUT2D eigenvalue weighted by molar-refractivity contribution is 0.504. The predicted octanol–water partition coefficient (Wildman–Crippen LogP) is 2.46. The lowest BCUT2D eigenvalue weighted by Gasteiger charge is -2.06. The van der Waals surface area contributed by atoms with Gasteiger partial charge in [-0.15, -0.1) is 0 Å². The highest BCUT2D eigenvalue weighted by molar-refractivity contribution is 14.1. The number of unbranched alkanes of at least 4 members (excludes halogenated alkanes) is 1. The first kappa shape index (κ1) is 14.8. The van der Waals surface area contributed by atoms with E-state index in [-0.39, 0.29) is 4.90 Å². The van der Waals surface area contributed by atoms with Crippen LogP contribution in [0.4, 0.5) is 8.78 Å². The van der Waals surface area contributed by atoms with Gasteiger partial charge >= 0.3 is 0 Å². The van der Waals surface area contributed by atoms with E-state index in [1.54, 1.807) is 0 Å². The van der Waals surface area contributed by atoms with Crippen molar-refractivity contribution in [2.45, 2.75) is 17.7 Å². The van der Waals surface area contributed by atoms with Gasteiger partial charge in [0.25, 0.3) is 0 Å². The third kappa shape index (κ3) is 4.47. The summed E-state index contributed by atoms with van der Waals surface area (Å²) >= 11 is 2.20. The lowest BCUT2D eigenvalue weighted by Crippen LogP contribution is -2.25. The lowest BCUT2D eigenvalue weighted by atomic mass is 10.3. The molecule has 1 rings (SSSR count). The van der Waals surface area contributed by atoms with Crippen molar-refractivity contribution >= 4 is 32.6 Å². The van der Waals surface area contributed by atoms with Gasteiger partial charge in [-0.1, -0.05) is 22.6 Å². The Balaban J connectivity index is 2.72. The molecule has 0 spiro atoms. The average molecular weight is 375 g/mol. The number of sulfonamides is 1. The maximum Gasteiger partial charge on any atom is 0.240 e. The average Bonchev–Trinajstić information content (AvgIpc) is 2.28. The molecule has 7 heteroatoms. The van der Waals surface area contributed by atoms with Gasteiger partial charge in [-0.25, -0.2) is 21.9 Å². The van der Waals surface area contributed by atoms with Gasteiger partial charge in [0.15, 0.2) is 11.6 Å². The molecule has 3 nitrogen and oxygen atoms in total. The zero-order valence-electron chi connectivity index (χ0n) is 8.92. The molecule has 0 unspecified atom stereocenters. The van der Waals surface area contributed by atoms with Gasteiger partial charge in [0, 0.05) is 6.54 Å². The van der Waals surface area contributed by atoms with Gasteiger partial charge in [-0.2, -0.15) is 0 Å². The summed E-state index contributed by atoms with van der Waals surface area (Å²) in [4.78, 5) is -0.258. The maximum absolute atomic E-state index is 12.9. The smallest absolute Gasteiger partial charge is 0.211 e. The van der Waals surface area contributed by atoms with E-state index in [4.69, 9.17) is 0 Å². The van der Waals surface area contributed by atoms with Crippen LogP contribution in [0, 0.1) is 11.6 Å². The summed E-state index contributed by atoms with van der Waals surface area (Å²) in [6, 6.07) is 2.52. The van der Waals surface area contributed by atoms with E-state index >= 15 is 0 Å². The minimum atomic E-state index is -3.74. The van der Waals surface area contributed by atoms with E-state index < -0.39 is 21.7 Å². The second-order valence-corrected chi connectivity index (χ2v) is 6.22. The van der Waals surface area contributed by atoms with E-state index in [2.05, 4.69) is 27.3 Å². The number of halogens is 3. The van der Waals surface area contributed by atoms with Crippen LogP contribution in [0.3, 0.4) is 0 Å². The van der Waals surface area contributed by atoms with Crippen LogP contribution in [-0.2, 0) is 10.0 Å². The third-order valence-electron chi connectivity index (χ3n) is 2.05. The summed E-state index contributed by atoms with van der Waals surface area (Å²) in [7, 11) is -3.74. The van der Waals surface area contributed by atoms with Gasteiger partial charge in [0.05, 0.1) is 4.90 Å². The molecule has 0 atom stereocenters. The molecule has 0 aliphatic heterocycles. The number of rotatable bonds is 6. The van der Waals surface area contributed by atoms with Crippen LogP contribution >= 0.6 is 22.6 Å². The molecule has 0 aromatic heterocycles. The first-order valence-electron chi connectivity index (χ1n) is 4.98. The molecular formula is C10H12F2INO2S. The predicted molar refractivity (Wildman–Crippen MR) is 69.7 cm³/mol. The second-order valence-electron chi connectivity index (χ2n) is 3.37. The molecule has 0 bridgehead atoms. The van der Waals surface area contributed by atoms with Crippen LogP contribution in [0.25, 0.3) is 0 Å². The molecule has 0 amide bonds. The van der Waals surface area contributed by atoms with Crippen molar-refractivity contribution in [1.29, 1.82) is 0 Å². The third-order valence-corrected chi connectivity index (χ3v) is 4.28. The fraction of sp³-hybridized carbons (Fsp3) is 0.400. The van der Waals surface area contributed by atoms with Crippen molar-refractivity contribution in [3.63, 3.8) is 0 Å². The van der Waals surface area contributed by atoms with Crippen molar-refractivity contribution in [3.8, 4) is 0 Å². The van der Waals surface area contributed by atoms with Crippen LogP contribution in [0.1, 0.15) is 12.8 Å². The summed E-state index contributed by atoms with van der Waals surface area (Å²) in [6.45, 7) is 0.296. The zero-order chi connectivity index (χ0) is 12.9. The van der Waals surface area contributed by atoms with E-state index in [1.165, 1.54) is 0 Å². The van der Waals surface area contributed by atoms with Gasteiger partial charge in [-0.05, 0) is 35.5 Å². The van der Waals surface area contributed by atoms with Gasteiger partial charge in [-0.3, -0.25) is 0 Å². The minimum absolute atomic E-state index is 0.258. The Hall–Kier alpha value is -0.280. The Labute approximate surface area is 113 Å². The normalized spacial score (nSPS) is 11.7. The molecule has 1 N–H and O–H groups in total. The molecule has 17 heavy (non-hydrogen) atoms. The number of benzene rings is 1. The maximum atomic E-state index is 12.9. The Kier molecular flexibility index (Phi) is 5.74. The minimum Gasteiger partial charge on any atom is -0.211 e. The number of hydrogen-bond donors (Lipinski definition) is 1. The SMILES string of the molecule is O=S(=O)(NCCCCI)c1ccc(F)c(F)c1. The molecule has 1 aromatic rings. The highest BCUT2D eigenvalue weighted by Crippen LogP contribution is 2.13. The molecule has 0 aliphatic rings. The fourth-order valence-corrected chi connectivity index (χ4v) is 2.78. The summed E-state index contributed by atoms with van der Waals surface area (Å²) < 4.78 is 52.1. The molecule has 0 aliphatic carbocycles. The van der Waals surface area contributed by atoms with Gasteiger partial charge < -0.3 is 0 Å². The Morgan fingerprint density at radius 3 is 2.47 bits per heavy atom. The fourth-order valence-electron chi connectivity index (χ4n) is 1.15. The van der Waals surface area contributed by atoms with Crippen LogP contribution in [0.2, 0.25) is 0 Å². The van der Waals surface area contributed by atoms with Gasteiger partial charge in [0.1, 0.15) is 0 Å².